The zero-order valence-electron chi connectivity index (χ0n) is 12.2. The monoisotopic (exact) mass is 327 g/mol. The molecule has 19 heavy (non-hydrogen) atoms. The van der Waals surface area contributed by atoms with E-state index in [1.807, 2.05) is 13.8 Å². The van der Waals surface area contributed by atoms with Crippen LogP contribution in [0, 0.1) is 5.41 Å². The number of nitrogens with one attached hydrogen (secondary N) is 1. The molecule has 2 N–H and O–H groups in total. The number of hydrogen-bond acceptors (Lipinski definition) is 2. The largest absolute Gasteiger partial charge is 0.507 e. The van der Waals surface area contributed by atoms with E-state index in [9.17, 15) is 9.90 Å². The van der Waals surface area contributed by atoms with Crippen molar-refractivity contribution in [2.24, 2.45) is 5.41 Å². The number of benzene rings is 1. The first-order valence-electron chi connectivity index (χ1n) is 6.31. The second-order valence-corrected chi connectivity index (χ2v) is 7.60. The van der Waals surface area contributed by atoms with E-state index in [4.69, 9.17) is 0 Å². The summed E-state index contributed by atoms with van der Waals surface area (Å²) in [6.45, 7) is 10.5. The molecule has 1 amide bonds. The van der Waals surface area contributed by atoms with E-state index in [1.54, 1.807) is 12.1 Å². The lowest BCUT2D eigenvalue weighted by molar-refractivity contribution is 0.0891. The quantitative estimate of drug-likeness (QED) is 0.878. The van der Waals surface area contributed by atoms with Crippen LogP contribution in [-0.4, -0.2) is 16.6 Å². The van der Waals surface area contributed by atoms with E-state index >= 15 is 0 Å². The van der Waals surface area contributed by atoms with E-state index in [0.29, 0.717) is 10.0 Å². The van der Waals surface area contributed by atoms with Crippen molar-refractivity contribution in [1.82, 2.24) is 5.32 Å². The highest BCUT2D eigenvalue weighted by molar-refractivity contribution is 9.10. The van der Waals surface area contributed by atoms with Crippen LogP contribution in [0.1, 0.15) is 51.4 Å². The highest BCUT2D eigenvalue weighted by Gasteiger charge is 2.27. The van der Waals surface area contributed by atoms with Gasteiger partial charge in [0.1, 0.15) is 5.75 Å². The van der Waals surface area contributed by atoms with Gasteiger partial charge in [-0.3, -0.25) is 4.79 Å². The molecule has 1 aromatic rings. The lowest BCUT2D eigenvalue weighted by Crippen LogP contribution is -2.45. The number of hydrogen-bond donors (Lipinski definition) is 2. The molecule has 1 aromatic carbocycles. The summed E-state index contributed by atoms with van der Waals surface area (Å²) in [6.07, 6.45) is 0.869. The fraction of sp³-hybridized carbons (Fsp3) is 0.533. The molecule has 3 nitrogen and oxygen atoms in total. The van der Waals surface area contributed by atoms with Gasteiger partial charge >= 0.3 is 0 Å². The van der Waals surface area contributed by atoms with Gasteiger partial charge in [-0.05, 0) is 59.8 Å². The van der Waals surface area contributed by atoms with Crippen LogP contribution in [0.2, 0.25) is 0 Å². The van der Waals surface area contributed by atoms with Crippen molar-refractivity contribution in [3.05, 3.63) is 28.2 Å². The van der Waals surface area contributed by atoms with Crippen LogP contribution in [0.4, 0.5) is 0 Å². The molecule has 0 saturated carbocycles. The Morgan fingerprint density at radius 2 is 1.84 bits per heavy atom. The lowest BCUT2D eigenvalue weighted by atomic mass is 9.81. The summed E-state index contributed by atoms with van der Waals surface area (Å²) in [5.41, 5.74) is 0.305. The smallest absolute Gasteiger partial charge is 0.251 e. The summed E-state index contributed by atoms with van der Waals surface area (Å²) >= 11 is 3.20. The third-order valence-electron chi connectivity index (χ3n) is 2.63. The number of rotatable bonds is 3. The number of carbonyl (C=O) groups is 1. The second-order valence-electron chi connectivity index (χ2n) is 6.74. The zero-order valence-corrected chi connectivity index (χ0v) is 13.8. The van der Waals surface area contributed by atoms with Gasteiger partial charge in [0.15, 0.2) is 0 Å². The van der Waals surface area contributed by atoms with E-state index in [0.717, 1.165) is 6.42 Å². The zero-order chi connectivity index (χ0) is 14.8. The lowest BCUT2D eigenvalue weighted by Gasteiger charge is -2.33. The summed E-state index contributed by atoms with van der Waals surface area (Å²) in [7, 11) is 0. The number of aromatic hydroxyl groups is 1. The molecule has 0 unspecified atom stereocenters. The number of phenolic OH excluding ortho intramolecular Hbond substituents is 1. The van der Waals surface area contributed by atoms with E-state index in [1.165, 1.54) is 6.07 Å². The topological polar surface area (TPSA) is 49.3 Å². The predicted octanol–water partition coefficient (Wildman–Crippen LogP) is 4.10. The van der Waals surface area contributed by atoms with Crippen molar-refractivity contribution in [3.63, 3.8) is 0 Å². The molecule has 4 heteroatoms. The Kier molecular flexibility index (Phi) is 4.67. The van der Waals surface area contributed by atoms with Crippen molar-refractivity contribution >= 4 is 21.8 Å². The summed E-state index contributed by atoms with van der Waals surface area (Å²) < 4.78 is 0.581. The van der Waals surface area contributed by atoms with Crippen LogP contribution in [0.5, 0.6) is 5.75 Å². The van der Waals surface area contributed by atoms with Crippen molar-refractivity contribution in [3.8, 4) is 5.75 Å². The summed E-state index contributed by atoms with van der Waals surface area (Å²) in [5.74, 6) is -0.0988. The van der Waals surface area contributed by atoms with Gasteiger partial charge in [-0.25, -0.2) is 0 Å². The van der Waals surface area contributed by atoms with Gasteiger partial charge in [0, 0.05) is 11.1 Å². The molecule has 0 atom stereocenters. The number of phenols is 1. The third-order valence-corrected chi connectivity index (χ3v) is 3.30. The number of amides is 1. The molecule has 0 heterocycles. The molecule has 106 valence electrons. The standard InChI is InChI=1S/C15H22BrNO2/c1-14(2,3)9-15(4,5)17-13(19)10-6-7-11(16)12(18)8-10/h6-8,18H,9H2,1-5H3,(H,17,19). The fourth-order valence-corrected chi connectivity index (χ4v) is 2.65. The van der Waals surface area contributed by atoms with Crippen LogP contribution in [0.3, 0.4) is 0 Å². The minimum absolute atomic E-state index is 0.0706. The maximum atomic E-state index is 12.2. The predicted molar refractivity (Wildman–Crippen MR) is 81.4 cm³/mol. The third kappa shape index (κ3) is 5.23. The van der Waals surface area contributed by atoms with Crippen molar-refractivity contribution < 1.29 is 9.90 Å². The Hall–Kier alpha value is -1.03. The average molecular weight is 328 g/mol. The maximum Gasteiger partial charge on any atom is 0.251 e. The molecular weight excluding hydrogens is 306 g/mol. The molecular formula is C15H22BrNO2. The van der Waals surface area contributed by atoms with E-state index in [-0.39, 0.29) is 22.6 Å². The SMILES string of the molecule is CC(C)(C)CC(C)(C)NC(=O)c1ccc(Br)c(O)c1. The van der Waals surface area contributed by atoms with Crippen LogP contribution in [0.25, 0.3) is 0 Å². The molecule has 0 aliphatic carbocycles. The molecule has 0 bridgehead atoms. The Labute approximate surface area is 123 Å². The van der Waals surface area contributed by atoms with Gasteiger partial charge in [-0.2, -0.15) is 0 Å². The summed E-state index contributed by atoms with van der Waals surface area (Å²) in [6, 6.07) is 4.82. The van der Waals surface area contributed by atoms with Crippen molar-refractivity contribution in [2.45, 2.75) is 46.6 Å². The van der Waals surface area contributed by atoms with Gasteiger partial charge in [0.05, 0.1) is 4.47 Å². The van der Waals surface area contributed by atoms with Gasteiger partial charge in [-0.1, -0.05) is 20.8 Å². The molecule has 0 aliphatic heterocycles. The summed E-state index contributed by atoms with van der Waals surface area (Å²) in [5, 5.41) is 12.6. The second kappa shape index (κ2) is 5.53. The maximum absolute atomic E-state index is 12.2. The molecule has 0 radical (unpaired) electrons. The van der Waals surface area contributed by atoms with Gasteiger partial charge in [0.2, 0.25) is 0 Å². The minimum Gasteiger partial charge on any atom is -0.507 e. The van der Waals surface area contributed by atoms with E-state index < -0.39 is 0 Å². The van der Waals surface area contributed by atoms with Crippen molar-refractivity contribution in [1.29, 1.82) is 0 Å². The van der Waals surface area contributed by atoms with Crippen LogP contribution in [-0.2, 0) is 0 Å². The highest BCUT2D eigenvalue weighted by atomic mass is 79.9. The van der Waals surface area contributed by atoms with Crippen molar-refractivity contribution in [2.75, 3.05) is 0 Å². The van der Waals surface area contributed by atoms with E-state index in [2.05, 4.69) is 42.0 Å². The van der Waals surface area contributed by atoms with Crippen LogP contribution in [0.15, 0.2) is 22.7 Å². The molecule has 0 fully saturated rings. The highest BCUT2D eigenvalue weighted by Crippen LogP contribution is 2.28. The van der Waals surface area contributed by atoms with Gasteiger partial charge < -0.3 is 10.4 Å². The van der Waals surface area contributed by atoms with Gasteiger partial charge in [0.25, 0.3) is 5.91 Å². The Morgan fingerprint density at radius 1 is 1.26 bits per heavy atom. The van der Waals surface area contributed by atoms with Crippen LogP contribution >= 0.6 is 15.9 Å². The van der Waals surface area contributed by atoms with Crippen LogP contribution < -0.4 is 5.32 Å². The number of halogens is 1. The molecule has 0 aliphatic rings. The Bertz CT molecular complexity index is 476. The molecule has 1 rings (SSSR count). The first-order valence-corrected chi connectivity index (χ1v) is 7.10. The minimum atomic E-state index is -0.294. The Balaban J connectivity index is 2.81. The first-order chi connectivity index (χ1) is 8.50. The fourth-order valence-electron chi connectivity index (χ4n) is 2.40. The average Bonchev–Trinajstić information content (AvgIpc) is 2.17. The van der Waals surface area contributed by atoms with Gasteiger partial charge in [-0.15, -0.1) is 0 Å². The summed E-state index contributed by atoms with van der Waals surface area (Å²) in [4.78, 5) is 12.2. The normalized spacial score (nSPS) is 12.3. The molecule has 0 spiro atoms. The number of carbonyl (C=O) groups excluding carboxylic acids is 1. The molecule has 0 saturated heterocycles. The molecule has 0 aromatic heterocycles. The Morgan fingerprint density at radius 3 is 2.32 bits per heavy atom. The first kappa shape index (κ1) is 16.0.